The first-order valence-corrected chi connectivity index (χ1v) is 5.54. The zero-order valence-corrected chi connectivity index (χ0v) is 9.44. The lowest BCUT2D eigenvalue weighted by Crippen LogP contribution is -2.41. The van der Waals surface area contributed by atoms with Gasteiger partial charge in [-0.15, -0.1) is 11.6 Å². The van der Waals surface area contributed by atoms with Crippen LogP contribution in [0.2, 0.25) is 0 Å². The number of methoxy groups -OCH3 is 1. The van der Waals surface area contributed by atoms with E-state index < -0.39 is 0 Å². The Balaban J connectivity index is 2.63. The van der Waals surface area contributed by atoms with Gasteiger partial charge in [-0.2, -0.15) is 0 Å². The van der Waals surface area contributed by atoms with Crippen LogP contribution in [0.15, 0.2) is 0 Å². The second-order valence-corrected chi connectivity index (χ2v) is 4.95. The summed E-state index contributed by atoms with van der Waals surface area (Å²) in [5.74, 6) is 0. The summed E-state index contributed by atoms with van der Waals surface area (Å²) in [6, 6.07) is 0. The molecule has 0 saturated heterocycles. The highest BCUT2D eigenvalue weighted by Gasteiger charge is 2.38. The molecular weight excluding hydrogens is 184 g/mol. The SMILES string of the molecule is [CH2]C(Cl)C(OC)C1(C)CCCCC1. The van der Waals surface area contributed by atoms with E-state index in [4.69, 9.17) is 16.3 Å². The fraction of sp³-hybridized carbons (Fsp3) is 0.909. The number of rotatable bonds is 3. The number of hydrogen-bond acceptors (Lipinski definition) is 1. The van der Waals surface area contributed by atoms with Crippen LogP contribution in [0.25, 0.3) is 0 Å². The predicted molar refractivity (Wildman–Crippen MR) is 57.0 cm³/mol. The van der Waals surface area contributed by atoms with E-state index in [-0.39, 0.29) is 16.9 Å². The van der Waals surface area contributed by atoms with Crippen molar-refractivity contribution in [3.63, 3.8) is 0 Å². The molecule has 0 aliphatic heterocycles. The van der Waals surface area contributed by atoms with E-state index in [1.807, 2.05) is 0 Å². The summed E-state index contributed by atoms with van der Waals surface area (Å²) in [5.41, 5.74) is 0.251. The van der Waals surface area contributed by atoms with Gasteiger partial charge in [-0.3, -0.25) is 0 Å². The maximum absolute atomic E-state index is 6.03. The van der Waals surface area contributed by atoms with Crippen molar-refractivity contribution in [1.29, 1.82) is 0 Å². The highest BCUT2D eigenvalue weighted by atomic mass is 35.5. The molecular formula is C11H20ClO. The van der Waals surface area contributed by atoms with Crippen LogP contribution >= 0.6 is 11.6 Å². The molecule has 1 aliphatic carbocycles. The third kappa shape index (κ3) is 2.60. The van der Waals surface area contributed by atoms with Gasteiger partial charge in [-0.05, 0) is 25.2 Å². The second-order valence-electron chi connectivity index (χ2n) is 4.39. The van der Waals surface area contributed by atoms with Crippen molar-refractivity contribution in [2.75, 3.05) is 7.11 Å². The Kier molecular flexibility index (Phi) is 4.06. The largest absolute Gasteiger partial charge is 0.379 e. The van der Waals surface area contributed by atoms with E-state index in [1.165, 1.54) is 32.1 Å². The normalized spacial score (nSPS) is 26.8. The lowest BCUT2D eigenvalue weighted by molar-refractivity contribution is -0.0198. The van der Waals surface area contributed by atoms with Crippen molar-refractivity contribution in [1.82, 2.24) is 0 Å². The van der Waals surface area contributed by atoms with E-state index in [1.54, 1.807) is 7.11 Å². The standard InChI is InChI=1S/C11H20ClO/c1-9(12)10(13-3)11(2)7-5-4-6-8-11/h9-10H,1,4-8H2,2-3H3. The van der Waals surface area contributed by atoms with Gasteiger partial charge in [0.25, 0.3) is 0 Å². The van der Waals surface area contributed by atoms with Gasteiger partial charge in [-0.1, -0.05) is 26.2 Å². The van der Waals surface area contributed by atoms with E-state index >= 15 is 0 Å². The maximum Gasteiger partial charge on any atom is 0.0788 e. The zero-order chi connectivity index (χ0) is 9.90. The van der Waals surface area contributed by atoms with Crippen LogP contribution in [-0.2, 0) is 4.74 Å². The van der Waals surface area contributed by atoms with Crippen LogP contribution in [0.1, 0.15) is 39.0 Å². The Hall–Kier alpha value is 0.250. The molecule has 0 spiro atoms. The van der Waals surface area contributed by atoms with Crippen molar-refractivity contribution in [3.05, 3.63) is 6.92 Å². The molecule has 13 heavy (non-hydrogen) atoms. The van der Waals surface area contributed by atoms with Crippen molar-refractivity contribution >= 4 is 11.6 Å². The molecule has 2 heteroatoms. The summed E-state index contributed by atoms with van der Waals surface area (Å²) in [4.78, 5) is 0. The molecule has 1 radical (unpaired) electrons. The summed E-state index contributed by atoms with van der Waals surface area (Å²) >= 11 is 6.03. The highest BCUT2D eigenvalue weighted by Crippen LogP contribution is 2.41. The number of ether oxygens (including phenoxy) is 1. The molecule has 0 heterocycles. The Bertz CT molecular complexity index is 150. The molecule has 77 valence electrons. The smallest absolute Gasteiger partial charge is 0.0788 e. The third-order valence-corrected chi connectivity index (χ3v) is 3.49. The summed E-state index contributed by atoms with van der Waals surface area (Å²) in [7, 11) is 1.74. The zero-order valence-electron chi connectivity index (χ0n) is 8.68. The predicted octanol–water partition coefficient (Wildman–Crippen LogP) is 3.41. The molecule has 0 aromatic carbocycles. The molecule has 0 aromatic rings. The summed E-state index contributed by atoms with van der Waals surface area (Å²) in [5, 5.41) is -0.131. The molecule has 0 aromatic heterocycles. The minimum atomic E-state index is -0.131. The Labute approximate surface area is 86.8 Å². The molecule has 0 N–H and O–H groups in total. The Morgan fingerprint density at radius 2 is 1.85 bits per heavy atom. The topological polar surface area (TPSA) is 9.23 Å². The van der Waals surface area contributed by atoms with Crippen molar-refractivity contribution in [2.45, 2.75) is 50.5 Å². The van der Waals surface area contributed by atoms with Crippen LogP contribution in [-0.4, -0.2) is 18.6 Å². The summed E-state index contributed by atoms with van der Waals surface area (Å²) in [6.45, 7) is 6.15. The van der Waals surface area contributed by atoms with E-state index in [2.05, 4.69) is 13.8 Å². The quantitative estimate of drug-likeness (QED) is 0.639. The number of halogens is 1. The third-order valence-electron chi connectivity index (χ3n) is 3.27. The Morgan fingerprint density at radius 1 is 1.31 bits per heavy atom. The first kappa shape index (κ1) is 11.3. The minimum Gasteiger partial charge on any atom is -0.379 e. The van der Waals surface area contributed by atoms with Crippen molar-refractivity contribution < 1.29 is 4.74 Å². The van der Waals surface area contributed by atoms with Gasteiger partial charge in [0, 0.05) is 7.11 Å². The van der Waals surface area contributed by atoms with Gasteiger partial charge in [0.2, 0.25) is 0 Å². The molecule has 1 fully saturated rings. The van der Waals surface area contributed by atoms with Gasteiger partial charge in [0.1, 0.15) is 0 Å². The Morgan fingerprint density at radius 3 is 2.23 bits per heavy atom. The van der Waals surface area contributed by atoms with Gasteiger partial charge in [-0.25, -0.2) is 0 Å². The van der Waals surface area contributed by atoms with Crippen LogP contribution in [0.5, 0.6) is 0 Å². The highest BCUT2D eigenvalue weighted by molar-refractivity contribution is 6.21. The first-order chi connectivity index (χ1) is 6.10. The van der Waals surface area contributed by atoms with Gasteiger partial charge in [0.05, 0.1) is 11.5 Å². The van der Waals surface area contributed by atoms with Crippen LogP contribution < -0.4 is 0 Å². The molecule has 2 unspecified atom stereocenters. The van der Waals surface area contributed by atoms with Crippen LogP contribution in [0.4, 0.5) is 0 Å². The molecule has 0 amide bonds. The molecule has 1 saturated carbocycles. The monoisotopic (exact) mass is 203 g/mol. The van der Waals surface area contributed by atoms with Crippen molar-refractivity contribution in [2.24, 2.45) is 5.41 Å². The first-order valence-electron chi connectivity index (χ1n) is 5.10. The molecule has 2 atom stereocenters. The number of hydrogen-bond donors (Lipinski definition) is 0. The molecule has 1 rings (SSSR count). The fourth-order valence-corrected chi connectivity index (χ4v) is 2.92. The minimum absolute atomic E-state index is 0.106. The summed E-state index contributed by atoms with van der Waals surface area (Å²) < 4.78 is 5.46. The fourth-order valence-electron chi connectivity index (χ4n) is 2.51. The summed E-state index contributed by atoms with van der Waals surface area (Å²) in [6.07, 6.45) is 6.53. The molecule has 0 bridgehead atoms. The lowest BCUT2D eigenvalue weighted by atomic mass is 9.71. The van der Waals surface area contributed by atoms with Gasteiger partial charge in [0.15, 0.2) is 0 Å². The average Bonchev–Trinajstić information content (AvgIpc) is 2.05. The number of alkyl halides is 1. The second kappa shape index (κ2) is 4.65. The molecule has 1 nitrogen and oxygen atoms in total. The molecule has 1 aliphatic rings. The van der Waals surface area contributed by atoms with Crippen LogP contribution in [0.3, 0.4) is 0 Å². The van der Waals surface area contributed by atoms with Crippen molar-refractivity contribution in [3.8, 4) is 0 Å². The van der Waals surface area contributed by atoms with E-state index in [0.29, 0.717) is 0 Å². The lowest BCUT2D eigenvalue weighted by Gasteiger charge is -2.41. The van der Waals surface area contributed by atoms with Gasteiger partial charge >= 0.3 is 0 Å². The van der Waals surface area contributed by atoms with Crippen LogP contribution in [0, 0.1) is 12.3 Å². The average molecular weight is 204 g/mol. The maximum atomic E-state index is 6.03. The van der Waals surface area contributed by atoms with Gasteiger partial charge < -0.3 is 4.74 Å². The van der Waals surface area contributed by atoms with E-state index in [0.717, 1.165) is 0 Å². The van der Waals surface area contributed by atoms with E-state index in [9.17, 15) is 0 Å².